The van der Waals surface area contributed by atoms with Crippen LogP contribution in [0.5, 0.6) is 0 Å². The van der Waals surface area contributed by atoms with Crippen molar-refractivity contribution >= 4 is 0 Å². The van der Waals surface area contributed by atoms with E-state index < -0.39 is 0 Å². The first-order chi connectivity index (χ1) is 4.68. The molecule has 1 heterocycles. The SMILES string of the molecule is CC1=CCC(C)OC(C)C1. The molecule has 10 heavy (non-hydrogen) atoms. The maximum Gasteiger partial charge on any atom is 0.0587 e. The largest absolute Gasteiger partial charge is 0.375 e. The first-order valence-corrected chi connectivity index (χ1v) is 3.99. The Balaban J connectivity index is 2.53. The third-order valence-corrected chi connectivity index (χ3v) is 1.87. The van der Waals surface area contributed by atoms with Crippen LogP contribution >= 0.6 is 0 Å². The van der Waals surface area contributed by atoms with Gasteiger partial charge in [0, 0.05) is 0 Å². The van der Waals surface area contributed by atoms with Crippen LogP contribution in [0, 0.1) is 0 Å². The van der Waals surface area contributed by atoms with Crippen molar-refractivity contribution in [2.45, 2.75) is 45.8 Å². The predicted molar refractivity (Wildman–Crippen MR) is 43.0 cm³/mol. The van der Waals surface area contributed by atoms with Gasteiger partial charge in [-0.15, -0.1) is 0 Å². The summed E-state index contributed by atoms with van der Waals surface area (Å²) in [6, 6.07) is 0. The van der Waals surface area contributed by atoms with E-state index in [4.69, 9.17) is 4.74 Å². The van der Waals surface area contributed by atoms with Crippen molar-refractivity contribution in [2.75, 3.05) is 0 Å². The highest BCUT2D eigenvalue weighted by molar-refractivity contribution is 5.01. The van der Waals surface area contributed by atoms with Gasteiger partial charge in [0.05, 0.1) is 12.2 Å². The summed E-state index contributed by atoms with van der Waals surface area (Å²) in [6.07, 6.45) is 5.29. The Morgan fingerprint density at radius 3 is 2.80 bits per heavy atom. The second-order valence-electron chi connectivity index (χ2n) is 3.25. The molecule has 0 radical (unpaired) electrons. The van der Waals surface area contributed by atoms with E-state index in [1.807, 2.05) is 0 Å². The number of hydrogen-bond acceptors (Lipinski definition) is 1. The molecule has 58 valence electrons. The molecule has 0 amide bonds. The van der Waals surface area contributed by atoms with Crippen LogP contribution in [0.1, 0.15) is 33.6 Å². The van der Waals surface area contributed by atoms with Crippen LogP contribution in [-0.2, 0) is 4.74 Å². The van der Waals surface area contributed by atoms with Crippen LogP contribution < -0.4 is 0 Å². The van der Waals surface area contributed by atoms with Crippen LogP contribution in [0.15, 0.2) is 11.6 Å². The molecule has 1 heteroatoms. The molecule has 0 saturated carbocycles. The normalized spacial score (nSPS) is 34.9. The lowest BCUT2D eigenvalue weighted by molar-refractivity contribution is 0.0154. The Kier molecular flexibility index (Phi) is 2.50. The molecule has 2 unspecified atom stereocenters. The topological polar surface area (TPSA) is 9.23 Å². The van der Waals surface area contributed by atoms with Crippen LogP contribution in [0.2, 0.25) is 0 Å². The van der Waals surface area contributed by atoms with Crippen LogP contribution in [0.4, 0.5) is 0 Å². The summed E-state index contributed by atoms with van der Waals surface area (Å²) in [6.45, 7) is 6.45. The first-order valence-electron chi connectivity index (χ1n) is 3.99. The minimum atomic E-state index is 0.410. The smallest absolute Gasteiger partial charge is 0.0587 e. The molecular weight excluding hydrogens is 124 g/mol. The Morgan fingerprint density at radius 1 is 1.40 bits per heavy atom. The summed E-state index contributed by atoms with van der Waals surface area (Å²) < 4.78 is 5.63. The maximum absolute atomic E-state index is 5.63. The molecule has 0 aromatic rings. The summed E-state index contributed by atoms with van der Waals surface area (Å²) in [5, 5.41) is 0. The Labute approximate surface area is 63.1 Å². The van der Waals surface area contributed by atoms with E-state index in [1.54, 1.807) is 0 Å². The van der Waals surface area contributed by atoms with Crippen LogP contribution in [0.3, 0.4) is 0 Å². The molecule has 0 aromatic carbocycles. The molecule has 1 aliphatic heterocycles. The van der Waals surface area contributed by atoms with Gasteiger partial charge in [0.1, 0.15) is 0 Å². The second kappa shape index (κ2) is 3.20. The average molecular weight is 140 g/mol. The minimum Gasteiger partial charge on any atom is -0.375 e. The van der Waals surface area contributed by atoms with E-state index >= 15 is 0 Å². The molecule has 0 aromatic heterocycles. The van der Waals surface area contributed by atoms with E-state index in [-0.39, 0.29) is 0 Å². The van der Waals surface area contributed by atoms with Gasteiger partial charge in [0.25, 0.3) is 0 Å². The Bertz CT molecular complexity index is 138. The summed E-state index contributed by atoms with van der Waals surface area (Å²) in [7, 11) is 0. The van der Waals surface area contributed by atoms with Crippen molar-refractivity contribution in [1.82, 2.24) is 0 Å². The average Bonchev–Trinajstić information content (AvgIpc) is 1.93. The molecular formula is C9H16O. The fraction of sp³-hybridized carbons (Fsp3) is 0.778. The molecule has 2 atom stereocenters. The molecule has 0 saturated heterocycles. The van der Waals surface area contributed by atoms with Gasteiger partial charge in [0.15, 0.2) is 0 Å². The van der Waals surface area contributed by atoms with Crippen molar-refractivity contribution in [1.29, 1.82) is 0 Å². The first kappa shape index (κ1) is 7.80. The zero-order valence-electron chi connectivity index (χ0n) is 7.05. The summed E-state index contributed by atoms with van der Waals surface area (Å²) in [5.74, 6) is 0. The van der Waals surface area contributed by atoms with Gasteiger partial charge in [-0.2, -0.15) is 0 Å². The summed E-state index contributed by atoms with van der Waals surface area (Å²) in [5.41, 5.74) is 1.47. The van der Waals surface area contributed by atoms with E-state index in [0.29, 0.717) is 12.2 Å². The van der Waals surface area contributed by atoms with E-state index in [2.05, 4.69) is 26.8 Å². The molecule has 0 N–H and O–H groups in total. The minimum absolute atomic E-state index is 0.410. The van der Waals surface area contributed by atoms with Gasteiger partial charge in [-0.1, -0.05) is 11.6 Å². The fourth-order valence-corrected chi connectivity index (χ4v) is 1.40. The van der Waals surface area contributed by atoms with Crippen LogP contribution in [-0.4, -0.2) is 12.2 Å². The van der Waals surface area contributed by atoms with Crippen LogP contribution in [0.25, 0.3) is 0 Å². The molecule has 0 fully saturated rings. The highest BCUT2D eigenvalue weighted by Gasteiger charge is 2.11. The van der Waals surface area contributed by atoms with Gasteiger partial charge in [0.2, 0.25) is 0 Å². The molecule has 0 spiro atoms. The summed E-state index contributed by atoms with van der Waals surface area (Å²) in [4.78, 5) is 0. The standard InChI is InChI=1S/C9H16O/c1-7-4-5-8(2)10-9(3)6-7/h4,8-9H,5-6H2,1-3H3. The van der Waals surface area contributed by atoms with Crippen molar-refractivity contribution in [3.8, 4) is 0 Å². The van der Waals surface area contributed by atoms with Crippen molar-refractivity contribution in [2.24, 2.45) is 0 Å². The van der Waals surface area contributed by atoms with Gasteiger partial charge in [-0.3, -0.25) is 0 Å². The van der Waals surface area contributed by atoms with Crippen molar-refractivity contribution < 1.29 is 4.74 Å². The third kappa shape index (κ3) is 2.14. The zero-order valence-corrected chi connectivity index (χ0v) is 7.05. The lowest BCUT2D eigenvalue weighted by Gasteiger charge is -2.14. The fourth-order valence-electron chi connectivity index (χ4n) is 1.40. The zero-order chi connectivity index (χ0) is 7.56. The van der Waals surface area contributed by atoms with E-state index in [0.717, 1.165) is 12.8 Å². The molecule has 1 nitrogen and oxygen atoms in total. The molecule has 1 rings (SSSR count). The second-order valence-corrected chi connectivity index (χ2v) is 3.25. The maximum atomic E-state index is 5.63. The third-order valence-electron chi connectivity index (χ3n) is 1.87. The number of rotatable bonds is 0. The highest BCUT2D eigenvalue weighted by Crippen LogP contribution is 2.17. The quantitative estimate of drug-likeness (QED) is 0.470. The predicted octanol–water partition coefficient (Wildman–Crippen LogP) is 2.52. The van der Waals surface area contributed by atoms with Crippen molar-refractivity contribution in [3.63, 3.8) is 0 Å². The van der Waals surface area contributed by atoms with Gasteiger partial charge in [-0.25, -0.2) is 0 Å². The Hall–Kier alpha value is -0.300. The lowest BCUT2D eigenvalue weighted by atomic mass is 10.1. The van der Waals surface area contributed by atoms with Gasteiger partial charge >= 0.3 is 0 Å². The van der Waals surface area contributed by atoms with Gasteiger partial charge in [-0.05, 0) is 33.6 Å². The van der Waals surface area contributed by atoms with Gasteiger partial charge < -0.3 is 4.74 Å². The Morgan fingerprint density at radius 2 is 2.10 bits per heavy atom. The van der Waals surface area contributed by atoms with Crippen molar-refractivity contribution in [3.05, 3.63) is 11.6 Å². The summed E-state index contributed by atoms with van der Waals surface area (Å²) >= 11 is 0. The molecule has 1 aliphatic rings. The lowest BCUT2D eigenvalue weighted by Crippen LogP contribution is -2.13. The van der Waals surface area contributed by atoms with E-state index in [9.17, 15) is 0 Å². The highest BCUT2D eigenvalue weighted by atomic mass is 16.5. The monoisotopic (exact) mass is 140 g/mol. The number of hydrogen-bond donors (Lipinski definition) is 0. The van der Waals surface area contributed by atoms with E-state index in [1.165, 1.54) is 5.57 Å². The number of ether oxygens (including phenoxy) is 1. The molecule has 0 aliphatic carbocycles. The molecule has 0 bridgehead atoms.